The summed E-state index contributed by atoms with van der Waals surface area (Å²) < 4.78 is 13.2. The van der Waals surface area contributed by atoms with Crippen molar-refractivity contribution in [2.75, 3.05) is 0 Å². The van der Waals surface area contributed by atoms with E-state index >= 15 is 0 Å². The summed E-state index contributed by atoms with van der Waals surface area (Å²) >= 11 is 5.80. The van der Waals surface area contributed by atoms with Crippen LogP contribution in [0.3, 0.4) is 0 Å². The maximum absolute atomic E-state index is 13.2. The average molecular weight is 285 g/mol. The summed E-state index contributed by atoms with van der Waals surface area (Å²) in [5, 5.41) is 11.0. The van der Waals surface area contributed by atoms with Crippen molar-refractivity contribution in [3.8, 4) is 0 Å². The SMILES string of the molecule is CC1CC(C)(C)CCC1(O)Cc1ccc(F)c(Cl)c1. The zero-order valence-corrected chi connectivity index (χ0v) is 12.6. The van der Waals surface area contributed by atoms with Gasteiger partial charge in [0.25, 0.3) is 0 Å². The number of halogens is 2. The molecule has 0 aliphatic heterocycles. The molecule has 2 unspecified atom stereocenters. The van der Waals surface area contributed by atoms with Gasteiger partial charge in [-0.05, 0) is 48.3 Å². The molecule has 1 aromatic rings. The van der Waals surface area contributed by atoms with Crippen LogP contribution in [0.5, 0.6) is 0 Å². The molecule has 1 aliphatic carbocycles. The van der Waals surface area contributed by atoms with Gasteiger partial charge in [0, 0.05) is 6.42 Å². The predicted molar refractivity (Wildman–Crippen MR) is 76.9 cm³/mol. The van der Waals surface area contributed by atoms with Crippen molar-refractivity contribution in [1.29, 1.82) is 0 Å². The number of hydrogen-bond acceptors (Lipinski definition) is 1. The van der Waals surface area contributed by atoms with Crippen molar-refractivity contribution >= 4 is 11.6 Å². The van der Waals surface area contributed by atoms with Crippen LogP contribution in [0.25, 0.3) is 0 Å². The van der Waals surface area contributed by atoms with Gasteiger partial charge < -0.3 is 5.11 Å². The lowest BCUT2D eigenvalue weighted by Gasteiger charge is -2.45. The highest BCUT2D eigenvalue weighted by atomic mass is 35.5. The van der Waals surface area contributed by atoms with Crippen molar-refractivity contribution in [2.45, 2.75) is 52.1 Å². The summed E-state index contributed by atoms with van der Waals surface area (Å²) in [5.41, 5.74) is 0.503. The van der Waals surface area contributed by atoms with Crippen molar-refractivity contribution < 1.29 is 9.50 Å². The summed E-state index contributed by atoms with van der Waals surface area (Å²) in [5.74, 6) is -0.171. The molecule has 0 heterocycles. The smallest absolute Gasteiger partial charge is 0.141 e. The maximum Gasteiger partial charge on any atom is 0.141 e. The lowest BCUT2D eigenvalue weighted by molar-refractivity contribution is -0.0704. The van der Waals surface area contributed by atoms with E-state index in [-0.39, 0.29) is 10.9 Å². The molecule has 19 heavy (non-hydrogen) atoms. The van der Waals surface area contributed by atoms with Crippen LogP contribution in [0.15, 0.2) is 18.2 Å². The summed E-state index contributed by atoms with van der Waals surface area (Å²) in [4.78, 5) is 0. The van der Waals surface area contributed by atoms with E-state index in [1.807, 2.05) is 0 Å². The molecule has 0 radical (unpaired) electrons. The molecule has 0 amide bonds. The number of hydrogen-bond donors (Lipinski definition) is 1. The molecule has 0 saturated heterocycles. The first-order valence-electron chi connectivity index (χ1n) is 6.88. The predicted octanol–water partition coefficient (Wildman–Crippen LogP) is 4.60. The van der Waals surface area contributed by atoms with Crippen molar-refractivity contribution in [2.24, 2.45) is 11.3 Å². The van der Waals surface area contributed by atoms with Gasteiger partial charge in [-0.25, -0.2) is 4.39 Å². The van der Waals surface area contributed by atoms with Crippen LogP contribution in [0.2, 0.25) is 5.02 Å². The van der Waals surface area contributed by atoms with Gasteiger partial charge in [-0.1, -0.05) is 38.4 Å². The molecule has 0 spiro atoms. The largest absolute Gasteiger partial charge is 0.389 e. The molecule has 1 N–H and O–H groups in total. The van der Waals surface area contributed by atoms with Gasteiger partial charge in [-0.15, -0.1) is 0 Å². The molecule has 3 heteroatoms. The Bertz CT molecular complexity index is 472. The second-order valence-electron chi connectivity index (χ2n) is 6.80. The van der Waals surface area contributed by atoms with E-state index < -0.39 is 11.4 Å². The Morgan fingerprint density at radius 3 is 2.63 bits per heavy atom. The fraction of sp³-hybridized carbons (Fsp3) is 0.625. The molecule has 1 saturated carbocycles. The third-order valence-electron chi connectivity index (χ3n) is 4.51. The number of benzene rings is 1. The topological polar surface area (TPSA) is 20.2 Å². The van der Waals surface area contributed by atoms with Crippen LogP contribution in [-0.4, -0.2) is 10.7 Å². The summed E-state index contributed by atoms with van der Waals surface area (Å²) in [6.45, 7) is 6.60. The molecule has 106 valence electrons. The highest BCUT2D eigenvalue weighted by molar-refractivity contribution is 6.30. The van der Waals surface area contributed by atoms with Gasteiger partial charge in [0.05, 0.1) is 10.6 Å². The van der Waals surface area contributed by atoms with E-state index in [9.17, 15) is 9.50 Å². The Kier molecular flexibility index (Phi) is 3.95. The summed E-state index contributed by atoms with van der Waals surface area (Å²) in [6.07, 6.45) is 3.36. The monoisotopic (exact) mass is 284 g/mol. The number of aliphatic hydroxyl groups is 1. The Labute approximate surface area is 119 Å². The Hall–Kier alpha value is -0.600. The van der Waals surface area contributed by atoms with E-state index in [1.165, 1.54) is 6.07 Å². The second-order valence-corrected chi connectivity index (χ2v) is 7.21. The third-order valence-corrected chi connectivity index (χ3v) is 4.79. The molecule has 0 bridgehead atoms. The molecule has 2 rings (SSSR count). The van der Waals surface area contributed by atoms with Crippen LogP contribution in [-0.2, 0) is 6.42 Å². The average Bonchev–Trinajstić information content (AvgIpc) is 2.30. The fourth-order valence-electron chi connectivity index (χ4n) is 3.19. The molecular weight excluding hydrogens is 263 g/mol. The third kappa shape index (κ3) is 3.29. The van der Waals surface area contributed by atoms with E-state index in [4.69, 9.17) is 11.6 Å². The van der Waals surface area contributed by atoms with E-state index in [0.717, 1.165) is 24.8 Å². The maximum atomic E-state index is 13.2. The first-order chi connectivity index (χ1) is 8.72. The fourth-order valence-corrected chi connectivity index (χ4v) is 3.39. The van der Waals surface area contributed by atoms with Crippen LogP contribution in [0.4, 0.5) is 4.39 Å². The normalized spacial score (nSPS) is 30.3. The lowest BCUT2D eigenvalue weighted by atomic mass is 9.64. The van der Waals surface area contributed by atoms with Gasteiger partial charge in [-0.2, -0.15) is 0 Å². The molecule has 2 atom stereocenters. The summed E-state index contributed by atoms with van der Waals surface area (Å²) in [7, 11) is 0. The molecular formula is C16H22ClFO. The van der Waals surface area contributed by atoms with Crippen LogP contribution in [0, 0.1) is 17.2 Å². The zero-order chi connectivity index (χ0) is 14.3. The Morgan fingerprint density at radius 1 is 1.37 bits per heavy atom. The lowest BCUT2D eigenvalue weighted by Crippen LogP contribution is -2.45. The molecule has 1 aromatic carbocycles. The van der Waals surface area contributed by atoms with Crippen molar-refractivity contribution in [3.05, 3.63) is 34.6 Å². The second kappa shape index (κ2) is 5.06. The standard InChI is InChI=1S/C16H22ClFO/c1-11-9-15(2,3)6-7-16(11,19)10-12-4-5-14(18)13(17)8-12/h4-5,8,11,19H,6-7,9-10H2,1-3H3. The minimum atomic E-state index is -0.698. The minimum Gasteiger partial charge on any atom is -0.389 e. The minimum absolute atomic E-state index is 0.130. The van der Waals surface area contributed by atoms with Crippen molar-refractivity contribution in [1.82, 2.24) is 0 Å². The zero-order valence-electron chi connectivity index (χ0n) is 11.8. The van der Waals surface area contributed by atoms with Gasteiger partial charge in [0.15, 0.2) is 0 Å². The van der Waals surface area contributed by atoms with E-state index in [1.54, 1.807) is 12.1 Å². The number of rotatable bonds is 2. The highest BCUT2D eigenvalue weighted by Gasteiger charge is 2.42. The highest BCUT2D eigenvalue weighted by Crippen LogP contribution is 2.45. The van der Waals surface area contributed by atoms with Gasteiger partial charge >= 0.3 is 0 Å². The molecule has 1 aliphatic rings. The van der Waals surface area contributed by atoms with Crippen LogP contribution in [0.1, 0.15) is 45.6 Å². The van der Waals surface area contributed by atoms with Gasteiger partial charge in [-0.3, -0.25) is 0 Å². The molecule has 0 aromatic heterocycles. The van der Waals surface area contributed by atoms with Gasteiger partial charge in [0.2, 0.25) is 0 Å². The van der Waals surface area contributed by atoms with Crippen LogP contribution < -0.4 is 0 Å². The van der Waals surface area contributed by atoms with Crippen LogP contribution >= 0.6 is 11.6 Å². The first-order valence-corrected chi connectivity index (χ1v) is 7.26. The quantitative estimate of drug-likeness (QED) is 0.841. The van der Waals surface area contributed by atoms with E-state index in [0.29, 0.717) is 11.8 Å². The van der Waals surface area contributed by atoms with Gasteiger partial charge in [0.1, 0.15) is 5.82 Å². The Balaban J connectivity index is 2.15. The first kappa shape index (κ1) is 14.8. The van der Waals surface area contributed by atoms with Crippen molar-refractivity contribution in [3.63, 3.8) is 0 Å². The summed E-state index contributed by atoms with van der Waals surface area (Å²) in [6, 6.07) is 4.71. The molecule has 1 nitrogen and oxygen atoms in total. The molecule has 1 fully saturated rings. The van der Waals surface area contributed by atoms with E-state index in [2.05, 4.69) is 20.8 Å². The Morgan fingerprint density at radius 2 is 2.05 bits per heavy atom.